The lowest BCUT2D eigenvalue weighted by Crippen LogP contribution is -2.00. The van der Waals surface area contributed by atoms with Gasteiger partial charge in [-0.05, 0) is 54.4 Å². The first-order valence-corrected chi connectivity index (χ1v) is 7.96. The van der Waals surface area contributed by atoms with Gasteiger partial charge < -0.3 is 10.1 Å². The van der Waals surface area contributed by atoms with E-state index < -0.39 is 0 Å². The number of nitrogens with one attached hydrogen (secondary N) is 1. The molecule has 0 aromatic heterocycles. The number of hydrogen-bond donors (Lipinski definition) is 1. The van der Waals surface area contributed by atoms with E-state index in [1.54, 1.807) is 12.1 Å². The summed E-state index contributed by atoms with van der Waals surface area (Å²) < 4.78 is 18.7. The van der Waals surface area contributed by atoms with Crippen molar-refractivity contribution in [2.45, 2.75) is 20.1 Å². The monoisotopic (exact) mass is 321 g/mol. The van der Waals surface area contributed by atoms with Crippen molar-refractivity contribution in [3.63, 3.8) is 0 Å². The van der Waals surface area contributed by atoms with Gasteiger partial charge in [0.05, 0.1) is 0 Å². The quantitative estimate of drug-likeness (QED) is 0.663. The Morgan fingerprint density at radius 2 is 1.62 bits per heavy atom. The summed E-state index contributed by atoms with van der Waals surface area (Å²) in [6.45, 7) is 3.32. The largest absolute Gasteiger partial charge is 0.489 e. The SMILES string of the molecule is Cc1cccc(COc2ccc(CNc3ccc(F)cc3)cc2)c1. The van der Waals surface area contributed by atoms with Gasteiger partial charge in [0.15, 0.2) is 0 Å². The fourth-order valence-corrected chi connectivity index (χ4v) is 2.44. The highest BCUT2D eigenvalue weighted by molar-refractivity contribution is 5.43. The number of aryl methyl sites for hydroxylation is 1. The maximum Gasteiger partial charge on any atom is 0.123 e. The molecule has 0 atom stereocenters. The minimum atomic E-state index is -0.226. The van der Waals surface area contributed by atoms with Gasteiger partial charge in [0.1, 0.15) is 18.2 Å². The van der Waals surface area contributed by atoms with E-state index in [0.29, 0.717) is 13.2 Å². The van der Waals surface area contributed by atoms with Crippen LogP contribution < -0.4 is 10.1 Å². The van der Waals surface area contributed by atoms with Crippen molar-refractivity contribution >= 4 is 5.69 Å². The van der Waals surface area contributed by atoms with Crippen molar-refractivity contribution in [2.24, 2.45) is 0 Å². The zero-order chi connectivity index (χ0) is 16.8. The van der Waals surface area contributed by atoms with Crippen LogP contribution in [0.1, 0.15) is 16.7 Å². The van der Waals surface area contributed by atoms with Crippen LogP contribution in [0, 0.1) is 12.7 Å². The van der Waals surface area contributed by atoms with Gasteiger partial charge in [0, 0.05) is 12.2 Å². The number of ether oxygens (including phenoxy) is 1. The Hall–Kier alpha value is -2.81. The minimum absolute atomic E-state index is 0.226. The molecule has 0 aliphatic carbocycles. The summed E-state index contributed by atoms with van der Waals surface area (Å²) in [6.07, 6.45) is 0. The molecule has 3 aromatic rings. The molecule has 0 aliphatic rings. The molecule has 0 aliphatic heterocycles. The number of hydrogen-bond acceptors (Lipinski definition) is 2. The summed E-state index contributed by atoms with van der Waals surface area (Å²) in [4.78, 5) is 0. The van der Waals surface area contributed by atoms with Gasteiger partial charge in [0.2, 0.25) is 0 Å². The van der Waals surface area contributed by atoms with Crippen LogP contribution in [0.2, 0.25) is 0 Å². The maximum absolute atomic E-state index is 12.9. The summed E-state index contributed by atoms with van der Waals surface area (Å²) in [5.74, 6) is 0.623. The highest BCUT2D eigenvalue weighted by Gasteiger charge is 1.99. The highest BCUT2D eigenvalue weighted by atomic mass is 19.1. The van der Waals surface area contributed by atoms with Gasteiger partial charge in [-0.25, -0.2) is 4.39 Å². The molecule has 0 fully saturated rings. The molecule has 0 spiro atoms. The van der Waals surface area contributed by atoms with Crippen LogP contribution in [0.15, 0.2) is 72.8 Å². The molecule has 0 bridgehead atoms. The lowest BCUT2D eigenvalue weighted by molar-refractivity contribution is 0.306. The molecule has 2 nitrogen and oxygen atoms in total. The normalized spacial score (nSPS) is 10.4. The van der Waals surface area contributed by atoms with Crippen LogP contribution in [-0.4, -0.2) is 0 Å². The van der Waals surface area contributed by atoms with Crippen LogP contribution in [-0.2, 0) is 13.2 Å². The molecule has 0 saturated heterocycles. The smallest absolute Gasteiger partial charge is 0.123 e. The Kier molecular flexibility index (Phi) is 5.12. The molecule has 0 amide bonds. The van der Waals surface area contributed by atoms with Gasteiger partial charge in [0.25, 0.3) is 0 Å². The Morgan fingerprint density at radius 3 is 2.33 bits per heavy atom. The maximum atomic E-state index is 12.9. The van der Waals surface area contributed by atoms with E-state index in [4.69, 9.17) is 4.74 Å². The summed E-state index contributed by atoms with van der Waals surface area (Å²) >= 11 is 0. The Bertz CT molecular complexity index is 782. The molecule has 0 heterocycles. The topological polar surface area (TPSA) is 21.3 Å². The van der Waals surface area contributed by atoms with E-state index in [2.05, 4.69) is 30.4 Å². The molecule has 0 saturated carbocycles. The average Bonchev–Trinajstić information content (AvgIpc) is 2.60. The van der Waals surface area contributed by atoms with Crippen LogP contribution >= 0.6 is 0 Å². The molecule has 3 aromatic carbocycles. The summed E-state index contributed by atoms with van der Waals surface area (Å²) in [5, 5.41) is 3.26. The van der Waals surface area contributed by atoms with Crippen LogP contribution in [0.5, 0.6) is 5.75 Å². The van der Waals surface area contributed by atoms with Gasteiger partial charge in [-0.2, -0.15) is 0 Å². The van der Waals surface area contributed by atoms with Crippen molar-refractivity contribution in [2.75, 3.05) is 5.32 Å². The second-order valence-electron chi connectivity index (χ2n) is 5.78. The lowest BCUT2D eigenvalue weighted by atomic mass is 10.1. The first-order chi connectivity index (χ1) is 11.7. The summed E-state index contributed by atoms with van der Waals surface area (Å²) in [5.41, 5.74) is 4.44. The van der Waals surface area contributed by atoms with Gasteiger partial charge >= 0.3 is 0 Å². The number of halogens is 1. The number of benzene rings is 3. The second kappa shape index (κ2) is 7.64. The fourth-order valence-electron chi connectivity index (χ4n) is 2.44. The third-order valence-electron chi connectivity index (χ3n) is 3.75. The zero-order valence-corrected chi connectivity index (χ0v) is 13.6. The molecule has 122 valence electrons. The third kappa shape index (κ3) is 4.59. The minimum Gasteiger partial charge on any atom is -0.489 e. The van der Waals surface area contributed by atoms with Gasteiger partial charge in [-0.3, -0.25) is 0 Å². The van der Waals surface area contributed by atoms with E-state index in [1.807, 2.05) is 30.3 Å². The predicted octanol–water partition coefficient (Wildman–Crippen LogP) is 5.33. The van der Waals surface area contributed by atoms with E-state index in [9.17, 15) is 4.39 Å². The fraction of sp³-hybridized carbons (Fsp3) is 0.143. The van der Waals surface area contributed by atoms with Crippen molar-refractivity contribution in [3.05, 3.63) is 95.3 Å². The van der Waals surface area contributed by atoms with Gasteiger partial charge in [-0.15, -0.1) is 0 Å². The predicted molar refractivity (Wildman–Crippen MR) is 95.7 cm³/mol. The number of anilines is 1. The van der Waals surface area contributed by atoms with Gasteiger partial charge in [-0.1, -0.05) is 42.0 Å². The van der Waals surface area contributed by atoms with E-state index in [-0.39, 0.29) is 5.82 Å². The highest BCUT2D eigenvalue weighted by Crippen LogP contribution is 2.16. The first kappa shape index (κ1) is 16.1. The zero-order valence-electron chi connectivity index (χ0n) is 13.6. The van der Waals surface area contributed by atoms with Crippen LogP contribution in [0.4, 0.5) is 10.1 Å². The van der Waals surface area contributed by atoms with E-state index >= 15 is 0 Å². The molecule has 3 rings (SSSR count). The van der Waals surface area contributed by atoms with Crippen molar-refractivity contribution < 1.29 is 9.13 Å². The molecular weight excluding hydrogens is 301 g/mol. The average molecular weight is 321 g/mol. The van der Waals surface area contributed by atoms with E-state index in [1.165, 1.54) is 17.7 Å². The van der Waals surface area contributed by atoms with Crippen molar-refractivity contribution in [3.8, 4) is 5.75 Å². The Balaban J connectivity index is 1.52. The lowest BCUT2D eigenvalue weighted by Gasteiger charge is -2.09. The van der Waals surface area contributed by atoms with E-state index in [0.717, 1.165) is 22.6 Å². The molecular formula is C21H20FNO. The second-order valence-corrected chi connectivity index (χ2v) is 5.78. The standard InChI is InChI=1S/C21H20FNO/c1-16-3-2-4-18(13-16)15-24-21-11-5-17(6-12-21)14-23-20-9-7-19(22)8-10-20/h2-13,23H,14-15H2,1H3. The van der Waals surface area contributed by atoms with Crippen molar-refractivity contribution in [1.29, 1.82) is 0 Å². The van der Waals surface area contributed by atoms with Crippen molar-refractivity contribution in [1.82, 2.24) is 0 Å². The third-order valence-corrected chi connectivity index (χ3v) is 3.75. The summed E-state index contributed by atoms with van der Waals surface area (Å²) in [7, 11) is 0. The first-order valence-electron chi connectivity index (χ1n) is 7.96. The molecule has 0 unspecified atom stereocenters. The molecule has 0 radical (unpaired) electrons. The Labute approximate surface area is 141 Å². The number of rotatable bonds is 6. The van der Waals surface area contributed by atoms with Crippen LogP contribution in [0.3, 0.4) is 0 Å². The van der Waals surface area contributed by atoms with Crippen LogP contribution in [0.25, 0.3) is 0 Å². The summed E-state index contributed by atoms with van der Waals surface area (Å²) in [6, 6.07) is 22.7. The molecule has 1 N–H and O–H groups in total. The molecule has 3 heteroatoms. The Morgan fingerprint density at radius 1 is 0.875 bits per heavy atom. The molecule has 24 heavy (non-hydrogen) atoms.